The quantitative estimate of drug-likeness (QED) is 0.622. The van der Waals surface area contributed by atoms with Crippen LogP contribution >= 0.6 is 0 Å². The van der Waals surface area contributed by atoms with E-state index in [-0.39, 0.29) is 24.7 Å². The van der Waals surface area contributed by atoms with Crippen LogP contribution in [0.5, 0.6) is 0 Å². The molecule has 5 saturated carbocycles. The molecule has 1 saturated heterocycles. The number of carbonyl (C=O) groups is 1. The van der Waals surface area contributed by atoms with E-state index in [1.54, 1.807) is 6.20 Å². The van der Waals surface area contributed by atoms with Crippen LogP contribution in [0.25, 0.3) is 0 Å². The van der Waals surface area contributed by atoms with E-state index in [2.05, 4.69) is 15.2 Å². The van der Waals surface area contributed by atoms with Crippen LogP contribution in [0.1, 0.15) is 79.8 Å². The van der Waals surface area contributed by atoms with E-state index in [0.29, 0.717) is 54.9 Å². The molecule has 5 aliphatic carbocycles. The Kier molecular flexibility index (Phi) is 5.58. The lowest BCUT2D eigenvalue weighted by Crippen LogP contribution is -2.61. The van der Waals surface area contributed by atoms with Crippen LogP contribution in [0.15, 0.2) is 6.20 Å². The summed E-state index contributed by atoms with van der Waals surface area (Å²) in [6.07, 6.45) is 10.8. The average molecular weight is 457 g/mol. The first-order valence-electron chi connectivity index (χ1n) is 12.9. The van der Waals surface area contributed by atoms with E-state index in [1.807, 2.05) is 0 Å². The fourth-order valence-corrected chi connectivity index (χ4v) is 7.68. The van der Waals surface area contributed by atoms with Crippen molar-refractivity contribution in [1.82, 2.24) is 15.3 Å². The van der Waals surface area contributed by atoms with Crippen molar-refractivity contribution >= 4 is 11.9 Å². The Bertz CT molecular complexity index is 888. The van der Waals surface area contributed by atoms with Crippen molar-refractivity contribution in [2.75, 3.05) is 31.2 Å². The summed E-state index contributed by atoms with van der Waals surface area (Å²) in [5.41, 5.74) is 0.997. The molecule has 0 aromatic carbocycles. The second-order valence-corrected chi connectivity index (χ2v) is 11.3. The fourth-order valence-electron chi connectivity index (χ4n) is 7.68. The number of rotatable bonds is 5. The topological polar surface area (TPSA) is 108 Å². The number of aliphatic hydroxyl groups is 2. The molecule has 6 fully saturated rings. The molecular formula is C25H36N4O4. The number of anilines is 1. The minimum absolute atomic E-state index is 0.0217. The molecule has 4 bridgehead atoms. The third-order valence-corrected chi connectivity index (χ3v) is 8.96. The smallest absolute Gasteiger partial charge is 0.254 e. The summed E-state index contributed by atoms with van der Waals surface area (Å²) in [7, 11) is 0. The molecule has 6 aliphatic rings. The molecule has 1 aliphatic heterocycles. The van der Waals surface area contributed by atoms with E-state index in [1.165, 1.54) is 12.8 Å². The lowest BCUT2D eigenvalue weighted by molar-refractivity contribution is -0.136. The Morgan fingerprint density at radius 3 is 2.67 bits per heavy atom. The van der Waals surface area contributed by atoms with E-state index in [0.717, 1.165) is 50.6 Å². The van der Waals surface area contributed by atoms with Gasteiger partial charge < -0.3 is 25.2 Å². The maximum Gasteiger partial charge on any atom is 0.254 e. The van der Waals surface area contributed by atoms with Crippen molar-refractivity contribution in [2.24, 2.45) is 17.8 Å². The Hall–Kier alpha value is -1.77. The maximum atomic E-state index is 13.6. The highest BCUT2D eigenvalue weighted by Gasteiger charge is 2.55. The lowest BCUT2D eigenvalue weighted by atomic mass is 9.52. The Balaban J connectivity index is 1.24. The van der Waals surface area contributed by atoms with Crippen LogP contribution in [0.2, 0.25) is 0 Å². The minimum atomic E-state index is -0.498. The van der Waals surface area contributed by atoms with Crippen LogP contribution in [-0.4, -0.2) is 70.1 Å². The summed E-state index contributed by atoms with van der Waals surface area (Å²) in [4.78, 5) is 25.2. The first kappa shape index (κ1) is 21.7. The highest BCUT2D eigenvalue weighted by molar-refractivity contribution is 5.95. The number of hydrogen-bond acceptors (Lipinski definition) is 7. The van der Waals surface area contributed by atoms with Gasteiger partial charge in [-0.25, -0.2) is 9.97 Å². The van der Waals surface area contributed by atoms with Gasteiger partial charge in [0.25, 0.3) is 5.91 Å². The normalized spacial score (nSPS) is 38.1. The predicted molar refractivity (Wildman–Crippen MR) is 122 cm³/mol. The SMILES string of the molecule is O=C(N[C@H]1C2CC3CC1C[C@@](O)(C3)C2)c1cnc(N2CCOC(CO)C2)nc1C1CCCC1. The molecule has 3 atom stereocenters. The van der Waals surface area contributed by atoms with Crippen LogP contribution in [0, 0.1) is 17.8 Å². The van der Waals surface area contributed by atoms with Gasteiger partial charge in [-0.3, -0.25) is 4.79 Å². The third kappa shape index (κ3) is 4.04. The monoisotopic (exact) mass is 456 g/mol. The Morgan fingerprint density at radius 2 is 1.97 bits per heavy atom. The molecule has 8 heteroatoms. The van der Waals surface area contributed by atoms with Gasteiger partial charge >= 0.3 is 0 Å². The fraction of sp³-hybridized carbons (Fsp3) is 0.800. The Morgan fingerprint density at radius 1 is 1.21 bits per heavy atom. The predicted octanol–water partition coefficient (Wildman–Crippen LogP) is 2.00. The van der Waals surface area contributed by atoms with Crippen LogP contribution in [-0.2, 0) is 4.74 Å². The first-order valence-corrected chi connectivity index (χ1v) is 12.9. The molecule has 3 unspecified atom stereocenters. The molecule has 0 radical (unpaired) electrons. The van der Waals surface area contributed by atoms with Gasteiger partial charge in [-0.1, -0.05) is 12.8 Å². The zero-order chi connectivity index (χ0) is 22.6. The van der Waals surface area contributed by atoms with Gasteiger partial charge in [0.05, 0.1) is 36.2 Å². The molecule has 1 aromatic rings. The van der Waals surface area contributed by atoms with Gasteiger partial charge in [0.2, 0.25) is 5.95 Å². The van der Waals surface area contributed by atoms with Crippen LogP contribution < -0.4 is 10.2 Å². The molecule has 7 rings (SSSR count). The molecule has 1 aromatic heterocycles. The molecule has 3 N–H and O–H groups in total. The summed E-state index contributed by atoms with van der Waals surface area (Å²) < 4.78 is 5.58. The van der Waals surface area contributed by atoms with Crippen molar-refractivity contribution in [3.8, 4) is 0 Å². The maximum absolute atomic E-state index is 13.6. The van der Waals surface area contributed by atoms with Gasteiger partial charge in [0, 0.05) is 31.2 Å². The summed E-state index contributed by atoms with van der Waals surface area (Å²) in [6.45, 7) is 1.75. The van der Waals surface area contributed by atoms with Gasteiger partial charge in [-0.2, -0.15) is 0 Å². The standard InChI is InChI=1S/C25H36N4O4/c30-14-19-13-29(5-6-33-19)24-26-12-20(22(28-24)16-3-1-2-4-16)23(31)27-21-17-7-15-8-18(21)11-25(32,9-15)10-17/h12,15-19,21,30,32H,1-11,13-14H2,(H,27,31)/t15?,17?,18?,19?,21-,25+. The van der Waals surface area contributed by atoms with Crippen molar-refractivity contribution in [3.05, 3.63) is 17.5 Å². The van der Waals surface area contributed by atoms with E-state index in [9.17, 15) is 15.0 Å². The molecule has 0 spiro atoms. The number of nitrogens with one attached hydrogen (secondary N) is 1. The molecule has 1 amide bonds. The highest BCUT2D eigenvalue weighted by Crippen LogP contribution is 2.55. The lowest BCUT2D eigenvalue weighted by Gasteiger charge is -2.58. The van der Waals surface area contributed by atoms with Crippen molar-refractivity contribution < 1.29 is 19.7 Å². The molecule has 33 heavy (non-hydrogen) atoms. The number of morpholine rings is 1. The summed E-state index contributed by atoms with van der Waals surface area (Å²) in [5, 5.41) is 23.8. The van der Waals surface area contributed by atoms with E-state index >= 15 is 0 Å². The average Bonchev–Trinajstić information content (AvgIpc) is 3.35. The zero-order valence-corrected chi connectivity index (χ0v) is 19.3. The molecule has 2 heterocycles. The van der Waals surface area contributed by atoms with Crippen molar-refractivity contribution in [1.29, 1.82) is 0 Å². The summed E-state index contributed by atoms with van der Waals surface area (Å²) >= 11 is 0. The van der Waals surface area contributed by atoms with Crippen LogP contribution in [0.4, 0.5) is 5.95 Å². The number of aromatic nitrogens is 2. The second-order valence-electron chi connectivity index (χ2n) is 11.3. The largest absolute Gasteiger partial charge is 0.394 e. The third-order valence-electron chi connectivity index (χ3n) is 8.96. The molecule has 180 valence electrons. The molecular weight excluding hydrogens is 420 g/mol. The number of nitrogens with zero attached hydrogens (tertiary/aromatic N) is 3. The van der Waals surface area contributed by atoms with Gasteiger partial charge in [-0.15, -0.1) is 0 Å². The number of ether oxygens (including phenoxy) is 1. The minimum Gasteiger partial charge on any atom is -0.394 e. The van der Waals surface area contributed by atoms with Gasteiger partial charge in [0.15, 0.2) is 0 Å². The number of amides is 1. The van der Waals surface area contributed by atoms with Crippen LogP contribution in [0.3, 0.4) is 0 Å². The zero-order valence-electron chi connectivity index (χ0n) is 19.3. The van der Waals surface area contributed by atoms with E-state index in [4.69, 9.17) is 9.72 Å². The van der Waals surface area contributed by atoms with Gasteiger partial charge in [0.1, 0.15) is 0 Å². The second kappa shape index (κ2) is 8.47. The number of carbonyl (C=O) groups excluding carboxylic acids is 1. The van der Waals surface area contributed by atoms with Crippen molar-refractivity contribution in [2.45, 2.75) is 81.5 Å². The van der Waals surface area contributed by atoms with E-state index < -0.39 is 5.60 Å². The number of aliphatic hydroxyl groups excluding tert-OH is 1. The molecule has 8 nitrogen and oxygen atoms in total. The Labute approximate surface area is 195 Å². The van der Waals surface area contributed by atoms with Crippen molar-refractivity contribution in [3.63, 3.8) is 0 Å². The number of hydrogen-bond donors (Lipinski definition) is 3. The summed E-state index contributed by atoms with van der Waals surface area (Å²) in [6, 6.07) is 0.148. The highest BCUT2D eigenvalue weighted by atomic mass is 16.5. The first-order chi connectivity index (χ1) is 16.0. The summed E-state index contributed by atoms with van der Waals surface area (Å²) in [5.74, 6) is 2.25. The van der Waals surface area contributed by atoms with Gasteiger partial charge in [-0.05, 0) is 62.7 Å².